The average molecular weight is 372 g/mol. The number of carboxylic acids is 1. The molecule has 22 heavy (non-hydrogen) atoms. The van der Waals surface area contributed by atoms with Crippen molar-refractivity contribution in [3.8, 4) is 0 Å². The number of benzene rings is 1. The lowest BCUT2D eigenvalue weighted by Gasteiger charge is -2.10. The Kier molecular flexibility index (Phi) is 7.38. The third-order valence-corrected chi connectivity index (χ3v) is 3.22. The fourth-order valence-corrected chi connectivity index (χ4v) is 2.10. The van der Waals surface area contributed by atoms with Gasteiger partial charge in [0.15, 0.2) is 0 Å². The summed E-state index contributed by atoms with van der Waals surface area (Å²) in [7, 11) is 0. The molecule has 1 aromatic carbocycles. The van der Waals surface area contributed by atoms with Crippen LogP contribution < -0.4 is 16.0 Å². The van der Waals surface area contributed by atoms with Crippen LogP contribution in [0.1, 0.15) is 18.4 Å². The van der Waals surface area contributed by atoms with Gasteiger partial charge >= 0.3 is 12.0 Å². The Balaban J connectivity index is 2.27. The number of carbonyl (C=O) groups excluding carboxylic acids is 2. The van der Waals surface area contributed by atoms with Crippen LogP contribution in [0.3, 0.4) is 0 Å². The molecule has 0 aromatic heterocycles. The number of halogens is 1. The number of rotatable bonds is 7. The number of hydrogen-bond donors (Lipinski definition) is 4. The summed E-state index contributed by atoms with van der Waals surface area (Å²) >= 11 is 3.34. The predicted octanol–water partition coefficient (Wildman–Crippen LogP) is 1.86. The van der Waals surface area contributed by atoms with Crippen molar-refractivity contribution in [2.75, 3.05) is 18.4 Å². The van der Waals surface area contributed by atoms with Gasteiger partial charge in [-0.05, 0) is 37.1 Å². The Morgan fingerprint density at radius 2 is 1.95 bits per heavy atom. The first-order valence-electron chi connectivity index (χ1n) is 6.68. The molecule has 0 aliphatic rings. The Labute approximate surface area is 136 Å². The minimum Gasteiger partial charge on any atom is -0.481 e. The quantitative estimate of drug-likeness (QED) is 0.548. The second-order valence-electron chi connectivity index (χ2n) is 4.61. The molecular weight excluding hydrogens is 354 g/mol. The van der Waals surface area contributed by atoms with E-state index in [9.17, 15) is 14.4 Å². The molecule has 0 radical (unpaired) electrons. The molecule has 4 N–H and O–H groups in total. The molecule has 0 aliphatic heterocycles. The lowest BCUT2D eigenvalue weighted by molar-refractivity contribution is -0.137. The van der Waals surface area contributed by atoms with Crippen molar-refractivity contribution in [1.29, 1.82) is 0 Å². The minimum absolute atomic E-state index is 0.0103. The largest absolute Gasteiger partial charge is 0.481 e. The number of aliphatic carboxylic acids is 1. The molecule has 1 rings (SSSR count). The Hall–Kier alpha value is -2.09. The van der Waals surface area contributed by atoms with E-state index in [1.165, 1.54) is 0 Å². The van der Waals surface area contributed by atoms with E-state index in [1.807, 2.05) is 19.1 Å². The van der Waals surface area contributed by atoms with Crippen molar-refractivity contribution in [2.45, 2.75) is 19.8 Å². The van der Waals surface area contributed by atoms with Gasteiger partial charge in [0.1, 0.15) is 0 Å². The van der Waals surface area contributed by atoms with Crippen molar-refractivity contribution in [1.82, 2.24) is 10.6 Å². The molecule has 120 valence electrons. The molecule has 0 heterocycles. The number of carboxylic acid groups (broad SMARTS) is 1. The summed E-state index contributed by atoms with van der Waals surface area (Å²) in [6, 6.07) is 4.94. The van der Waals surface area contributed by atoms with Gasteiger partial charge in [0.25, 0.3) is 0 Å². The van der Waals surface area contributed by atoms with Gasteiger partial charge in [-0.2, -0.15) is 0 Å². The number of hydrogen-bond acceptors (Lipinski definition) is 3. The molecule has 0 fully saturated rings. The maximum absolute atomic E-state index is 11.7. The zero-order valence-electron chi connectivity index (χ0n) is 12.1. The molecule has 3 amide bonds. The van der Waals surface area contributed by atoms with Crippen molar-refractivity contribution in [3.05, 3.63) is 28.2 Å². The summed E-state index contributed by atoms with van der Waals surface area (Å²) in [6.07, 6.45) is 0.330. The lowest BCUT2D eigenvalue weighted by Crippen LogP contribution is -2.40. The lowest BCUT2D eigenvalue weighted by atomic mass is 10.2. The summed E-state index contributed by atoms with van der Waals surface area (Å²) in [5.41, 5.74) is 1.58. The summed E-state index contributed by atoms with van der Waals surface area (Å²) in [5, 5.41) is 16.0. The molecule has 0 saturated heterocycles. The smallest absolute Gasteiger partial charge is 0.315 e. The van der Waals surface area contributed by atoms with E-state index in [0.717, 1.165) is 10.0 Å². The van der Waals surface area contributed by atoms with Crippen LogP contribution in [0.2, 0.25) is 0 Å². The predicted molar refractivity (Wildman–Crippen MR) is 85.8 cm³/mol. The zero-order chi connectivity index (χ0) is 16.5. The van der Waals surface area contributed by atoms with Crippen LogP contribution in [0.15, 0.2) is 22.7 Å². The normalized spacial score (nSPS) is 9.91. The number of aryl methyl sites for hydroxylation is 1. The van der Waals surface area contributed by atoms with Gasteiger partial charge in [0, 0.05) is 23.1 Å². The van der Waals surface area contributed by atoms with Gasteiger partial charge in [-0.25, -0.2) is 4.79 Å². The Morgan fingerprint density at radius 3 is 2.59 bits per heavy atom. The van der Waals surface area contributed by atoms with Crippen LogP contribution in [-0.2, 0) is 9.59 Å². The van der Waals surface area contributed by atoms with Crippen LogP contribution in [0.5, 0.6) is 0 Å². The van der Waals surface area contributed by atoms with Crippen LogP contribution in [0, 0.1) is 6.92 Å². The van der Waals surface area contributed by atoms with Crippen LogP contribution in [-0.4, -0.2) is 36.1 Å². The highest BCUT2D eigenvalue weighted by atomic mass is 79.9. The first-order valence-corrected chi connectivity index (χ1v) is 7.47. The molecular formula is C14H18BrN3O4. The number of amides is 3. The van der Waals surface area contributed by atoms with Crippen LogP contribution >= 0.6 is 15.9 Å². The van der Waals surface area contributed by atoms with Crippen LogP contribution in [0.25, 0.3) is 0 Å². The Bertz CT molecular complexity index is 563. The first kappa shape index (κ1) is 18.0. The first-order chi connectivity index (χ1) is 10.4. The van der Waals surface area contributed by atoms with Crippen molar-refractivity contribution in [3.63, 3.8) is 0 Å². The second kappa shape index (κ2) is 9.04. The van der Waals surface area contributed by atoms with E-state index in [0.29, 0.717) is 12.1 Å². The number of urea groups is 1. The highest BCUT2D eigenvalue weighted by Crippen LogP contribution is 2.19. The van der Waals surface area contributed by atoms with Crippen molar-refractivity contribution in [2.24, 2.45) is 0 Å². The van der Waals surface area contributed by atoms with E-state index >= 15 is 0 Å². The summed E-state index contributed by atoms with van der Waals surface area (Å²) in [5.74, 6) is -1.25. The number of anilines is 1. The molecule has 0 spiro atoms. The summed E-state index contributed by atoms with van der Waals surface area (Å²) < 4.78 is 0.918. The average Bonchev–Trinajstić information content (AvgIpc) is 2.44. The third-order valence-electron chi connectivity index (χ3n) is 2.73. The van der Waals surface area contributed by atoms with Crippen molar-refractivity contribution < 1.29 is 19.5 Å². The van der Waals surface area contributed by atoms with Crippen LogP contribution in [0.4, 0.5) is 10.5 Å². The van der Waals surface area contributed by atoms with Gasteiger partial charge in [-0.1, -0.05) is 15.9 Å². The van der Waals surface area contributed by atoms with E-state index in [1.54, 1.807) is 6.07 Å². The van der Waals surface area contributed by atoms with Gasteiger partial charge < -0.3 is 21.1 Å². The fraction of sp³-hybridized carbons (Fsp3) is 0.357. The molecule has 0 unspecified atom stereocenters. The zero-order valence-corrected chi connectivity index (χ0v) is 13.7. The molecule has 1 aromatic rings. The molecule has 8 heteroatoms. The topological polar surface area (TPSA) is 108 Å². The molecule has 0 saturated carbocycles. The van der Waals surface area contributed by atoms with E-state index in [-0.39, 0.29) is 25.4 Å². The molecule has 0 aliphatic carbocycles. The van der Waals surface area contributed by atoms with E-state index < -0.39 is 12.0 Å². The second-order valence-corrected chi connectivity index (χ2v) is 5.53. The summed E-state index contributed by atoms with van der Waals surface area (Å²) in [6.45, 7) is 1.94. The van der Waals surface area contributed by atoms with Gasteiger partial charge in [0.05, 0.1) is 6.54 Å². The minimum atomic E-state index is -0.911. The molecule has 7 nitrogen and oxygen atoms in total. The SMILES string of the molecule is Cc1cc(Br)ccc1NC(=O)CNC(=O)NCCCC(=O)O. The highest BCUT2D eigenvalue weighted by molar-refractivity contribution is 9.10. The van der Waals surface area contributed by atoms with Gasteiger partial charge in [0.2, 0.25) is 5.91 Å². The number of nitrogens with one attached hydrogen (secondary N) is 3. The third kappa shape index (κ3) is 7.07. The number of carbonyl (C=O) groups is 3. The monoisotopic (exact) mass is 371 g/mol. The Morgan fingerprint density at radius 1 is 1.23 bits per heavy atom. The fourth-order valence-electron chi connectivity index (χ4n) is 1.63. The van der Waals surface area contributed by atoms with Gasteiger partial charge in [-0.15, -0.1) is 0 Å². The highest BCUT2D eigenvalue weighted by Gasteiger charge is 2.07. The van der Waals surface area contributed by atoms with Gasteiger partial charge in [-0.3, -0.25) is 9.59 Å². The standard InChI is InChI=1S/C14H18BrN3O4/c1-9-7-10(15)4-5-11(9)18-12(19)8-17-14(22)16-6-2-3-13(20)21/h4-5,7H,2-3,6,8H2,1H3,(H,18,19)(H,20,21)(H2,16,17,22). The maximum atomic E-state index is 11.7. The van der Waals surface area contributed by atoms with E-state index in [2.05, 4.69) is 31.9 Å². The molecule has 0 atom stereocenters. The maximum Gasteiger partial charge on any atom is 0.315 e. The molecule has 0 bridgehead atoms. The van der Waals surface area contributed by atoms with Crippen molar-refractivity contribution >= 4 is 39.5 Å². The van der Waals surface area contributed by atoms with E-state index in [4.69, 9.17) is 5.11 Å². The summed E-state index contributed by atoms with van der Waals surface area (Å²) in [4.78, 5) is 33.4.